The van der Waals surface area contributed by atoms with Crippen molar-refractivity contribution in [2.75, 3.05) is 5.73 Å². The van der Waals surface area contributed by atoms with Crippen LogP contribution in [-0.4, -0.2) is 0 Å². The molecule has 0 fully saturated rings. The molecule has 2 nitrogen and oxygen atoms in total. The van der Waals surface area contributed by atoms with Crippen LogP contribution in [0, 0.1) is 0 Å². The van der Waals surface area contributed by atoms with E-state index in [0.717, 1.165) is 33.1 Å². The zero-order valence-electron chi connectivity index (χ0n) is 9.66. The predicted molar refractivity (Wildman–Crippen MR) is 72.8 cm³/mol. The monoisotopic (exact) mass is 223 g/mol. The SMILES string of the molecule is C=C(C)c1cc(N)cc2oc3ccccc3c12. The highest BCUT2D eigenvalue weighted by molar-refractivity contribution is 6.10. The number of anilines is 1. The maximum Gasteiger partial charge on any atom is 0.138 e. The number of furan rings is 1. The summed E-state index contributed by atoms with van der Waals surface area (Å²) in [5, 5.41) is 2.21. The minimum Gasteiger partial charge on any atom is -0.456 e. The van der Waals surface area contributed by atoms with Crippen LogP contribution in [0.3, 0.4) is 0 Å². The van der Waals surface area contributed by atoms with Crippen LogP contribution >= 0.6 is 0 Å². The van der Waals surface area contributed by atoms with Gasteiger partial charge in [-0.05, 0) is 24.6 Å². The van der Waals surface area contributed by atoms with Crippen molar-refractivity contribution in [3.05, 3.63) is 48.5 Å². The molecule has 0 aliphatic carbocycles. The first kappa shape index (κ1) is 9.97. The van der Waals surface area contributed by atoms with Gasteiger partial charge in [0.25, 0.3) is 0 Å². The van der Waals surface area contributed by atoms with E-state index in [2.05, 4.69) is 12.6 Å². The number of allylic oxidation sites excluding steroid dienone is 1. The zero-order valence-corrected chi connectivity index (χ0v) is 9.66. The molecule has 2 aromatic carbocycles. The molecule has 0 aliphatic rings. The average Bonchev–Trinajstić information content (AvgIpc) is 2.65. The van der Waals surface area contributed by atoms with Gasteiger partial charge in [-0.15, -0.1) is 0 Å². The van der Waals surface area contributed by atoms with E-state index < -0.39 is 0 Å². The van der Waals surface area contributed by atoms with E-state index in [9.17, 15) is 0 Å². The molecule has 1 aromatic heterocycles. The summed E-state index contributed by atoms with van der Waals surface area (Å²) in [7, 11) is 0. The maximum absolute atomic E-state index is 5.88. The van der Waals surface area contributed by atoms with Gasteiger partial charge in [-0.3, -0.25) is 0 Å². The lowest BCUT2D eigenvalue weighted by Crippen LogP contribution is -1.87. The number of hydrogen-bond donors (Lipinski definition) is 1. The van der Waals surface area contributed by atoms with Crippen LogP contribution < -0.4 is 5.73 Å². The van der Waals surface area contributed by atoms with Gasteiger partial charge in [-0.25, -0.2) is 0 Å². The smallest absolute Gasteiger partial charge is 0.138 e. The standard InChI is InChI=1S/C15H13NO/c1-9(2)12-7-10(16)8-14-15(12)11-5-3-4-6-13(11)17-14/h3-8H,1,16H2,2H3. The van der Waals surface area contributed by atoms with Crippen LogP contribution in [0.1, 0.15) is 12.5 Å². The molecular weight excluding hydrogens is 210 g/mol. The second-order valence-corrected chi connectivity index (χ2v) is 4.32. The first-order valence-corrected chi connectivity index (χ1v) is 5.53. The summed E-state index contributed by atoms with van der Waals surface area (Å²) in [6.07, 6.45) is 0. The molecule has 0 aliphatic heterocycles. The van der Waals surface area contributed by atoms with Crippen molar-refractivity contribution >= 4 is 33.2 Å². The molecule has 17 heavy (non-hydrogen) atoms. The Balaban J connectivity index is 2.58. The number of benzene rings is 2. The molecule has 0 spiro atoms. The third-order valence-electron chi connectivity index (χ3n) is 2.96. The van der Waals surface area contributed by atoms with Crippen molar-refractivity contribution < 1.29 is 4.42 Å². The number of nitrogens with two attached hydrogens (primary N) is 1. The topological polar surface area (TPSA) is 39.2 Å². The first-order valence-electron chi connectivity index (χ1n) is 5.53. The lowest BCUT2D eigenvalue weighted by Gasteiger charge is -2.03. The van der Waals surface area contributed by atoms with Crippen LogP contribution in [-0.2, 0) is 0 Å². The Morgan fingerprint density at radius 3 is 2.71 bits per heavy atom. The summed E-state index contributed by atoms with van der Waals surface area (Å²) in [5.41, 5.74) is 10.3. The lowest BCUT2D eigenvalue weighted by molar-refractivity contribution is 0.669. The summed E-state index contributed by atoms with van der Waals surface area (Å²) in [4.78, 5) is 0. The summed E-state index contributed by atoms with van der Waals surface area (Å²) in [5.74, 6) is 0. The summed E-state index contributed by atoms with van der Waals surface area (Å²) < 4.78 is 5.80. The Hall–Kier alpha value is -2.22. The Morgan fingerprint density at radius 2 is 1.94 bits per heavy atom. The minimum absolute atomic E-state index is 0.703. The molecule has 0 bridgehead atoms. The minimum atomic E-state index is 0.703. The molecule has 84 valence electrons. The molecule has 3 rings (SSSR count). The highest BCUT2D eigenvalue weighted by Gasteiger charge is 2.11. The van der Waals surface area contributed by atoms with Gasteiger partial charge in [0.15, 0.2) is 0 Å². The van der Waals surface area contributed by atoms with E-state index in [1.165, 1.54) is 0 Å². The van der Waals surface area contributed by atoms with Crippen molar-refractivity contribution in [2.24, 2.45) is 0 Å². The average molecular weight is 223 g/mol. The molecule has 0 radical (unpaired) electrons. The van der Waals surface area contributed by atoms with Crippen molar-refractivity contribution in [3.63, 3.8) is 0 Å². The van der Waals surface area contributed by atoms with Crippen LogP contribution in [0.2, 0.25) is 0 Å². The van der Waals surface area contributed by atoms with Crippen LogP contribution in [0.15, 0.2) is 47.4 Å². The van der Waals surface area contributed by atoms with E-state index in [-0.39, 0.29) is 0 Å². The third-order valence-corrected chi connectivity index (χ3v) is 2.96. The van der Waals surface area contributed by atoms with Gasteiger partial charge in [0, 0.05) is 22.5 Å². The number of nitrogen functional groups attached to an aromatic ring is 1. The Labute approximate surface area is 99.3 Å². The Bertz CT molecular complexity index is 737. The van der Waals surface area contributed by atoms with E-state index in [0.29, 0.717) is 5.69 Å². The zero-order chi connectivity index (χ0) is 12.0. The first-order chi connectivity index (χ1) is 8.16. The quantitative estimate of drug-likeness (QED) is 0.628. The molecular formula is C15H13NO. The second kappa shape index (κ2) is 3.39. The molecule has 0 amide bonds. The van der Waals surface area contributed by atoms with Crippen molar-refractivity contribution in [3.8, 4) is 0 Å². The molecule has 2 N–H and O–H groups in total. The summed E-state index contributed by atoms with van der Waals surface area (Å²) >= 11 is 0. The summed E-state index contributed by atoms with van der Waals surface area (Å²) in [6, 6.07) is 11.8. The molecule has 1 heterocycles. The van der Waals surface area contributed by atoms with E-state index in [1.807, 2.05) is 37.3 Å². The fourth-order valence-electron chi connectivity index (χ4n) is 2.21. The summed E-state index contributed by atoms with van der Waals surface area (Å²) in [6.45, 7) is 5.99. The van der Waals surface area contributed by atoms with Crippen LogP contribution in [0.25, 0.3) is 27.5 Å². The number of fused-ring (bicyclic) bond motifs is 3. The van der Waals surface area contributed by atoms with Gasteiger partial charge >= 0.3 is 0 Å². The van der Waals surface area contributed by atoms with Crippen LogP contribution in [0.4, 0.5) is 5.69 Å². The van der Waals surface area contributed by atoms with Crippen molar-refractivity contribution in [1.29, 1.82) is 0 Å². The normalized spacial score (nSPS) is 11.1. The molecule has 0 saturated heterocycles. The van der Waals surface area contributed by atoms with Crippen molar-refractivity contribution in [1.82, 2.24) is 0 Å². The van der Waals surface area contributed by atoms with Gasteiger partial charge in [0.2, 0.25) is 0 Å². The van der Waals surface area contributed by atoms with Gasteiger partial charge < -0.3 is 10.2 Å². The second-order valence-electron chi connectivity index (χ2n) is 4.32. The Kier molecular flexibility index (Phi) is 1.99. The predicted octanol–water partition coefficient (Wildman–Crippen LogP) is 4.20. The molecule has 2 heteroatoms. The Morgan fingerprint density at radius 1 is 1.18 bits per heavy atom. The highest BCUT2D eigenvalue weighted by Crippen LogP contribution is 2.35. The number of hydrogen-bond acceptors (Lipinski definition) is 2. The lowest BCUT2D eigenvalue weighted by atomic mass is 10.0. The fraction of sp³-hybridized carbons (Fsp3) is 0.0667. The van der Waals surface area contributed by atoms with Crippen LogP contribution in [0.5, 0.6) is 0 Å². The van der Waals surface area contributed by atoms with E-state index in [4.69, 9.17) is 10.2 Å². The molecule has 3 aromatic rings. The number of para-hydroxylation sites is 1. The molecule has 0 unspecified atom stereocenters. The third kappa shape index (κ3) is 1.41. The fourth-order valence-corrected chi connectivity index (χ4v) is 2.21. The van der Waals surface area contributed by atoms with E-state index >= 15 is 0 Å². The largest absolute Gasteiger partial charge is 0.456 e. The van der Waals surface area contributed by atoms with Gasteiger partial charge in [0.1, 0.15) is 11.2 Å². The molecule has 0 atom stereocenters. The molecule has 0 saturated carbocycles. The number of rotatable bonds is 1. The van der Waals surface area contributed by atoms with E-state index in [1.54, 1.807) is 0 Å². The highest BCUT2D eigenvalue weighted by atomic mass is 16.3. The van der Waals surface area contributed by atoms with Gasteiger partial charge in [0.05, 0.1) is 0 Å². The van der Waals surface area contributed by atoms with Gasteiger partial charge in [-0.1, -0.05) is 30.4 Å². The van der Waals surface area contributed by atoms with Crippen molar-refractivity contribution in [2.45, 2.75) is 6.92 Å². The maximum atomic E-state index is 5.88. The van der Waals surface area contributed by atoms with Gasteiger partial charge in [-0.2, -0.15) is 0 Å².